The highest BCUT2D eigenvalue weighted by Crippen LogP contribution is 2.22. The van der Waals surface area contributed by atoms with Crippen molar-refractivity contribution < 1.29 is 37.2 Å². The molecule has 344 valence electrons. The molecule has 0 saturated heterocycles. The Labute approximate surface area is 370 Å². The molecule has 12 heteroatoms. The molecule has 0 amide bonds. The highest BCUT2D eigenvalue weighted by atomic mass is 16.5. The number of hydrogen-bond acceptors (Lipinski definition) is 4. The first-order valence-corrected chi connectivity index (χ1v) is 24.5. The Morgan fingerprint density at radius 1 is 0.328 bits per heavy atom. The van der Waals surface area contributed by atoms with Gasteiger partial charge < -0.3 is 18.9 Å². The number of ether oxygens (including phenoxy) is 4. The van der Waals surface area contributed by atoms with Gasteiger partial charge in [-0.1, -0.05) is 25.7 Å². The Bertz CT molecular complexity index is 1390. The van der Waals surface area contributed by atoms with Crippen LogP contribution in [0.3, 0.4) is 0 Å². The van der Waals surface area contributed by atoms with Crippen molar-refractivity contribution in [1.82, 2.24) is 18.3 Å². The maximum absolute atomic E-state index is 6.51. The number of imidazole rings is 4. The first-order chi connectivity index (χ1) is 30.0. The third-order valence-corrected chi connectivity index (χ3v) is 11.9. The second kappa shape index (κ2) is 31.5. The predicted molar refractivity (Wildman–Crippen MR) is 241 cm³/mol. The van der Waals surface area contributed by atoms with Crippen molar-refractivity contribution in [1.29, 1.82) is 0 Å². The Balaban J connectivity index is 1.22. The van der Waals surface area contributed by atoms with Crippen LogP contribution in [0, 0.1) is 5.41 Å². The van der Waals surface area contributed by atoms with Crippen molar-refractivity contribution in [2.24, 2.45) is 5.41 Å². The molecule has 0 aliphatic carbocycles. The molecule has 0 radical (unpaired) electrons. The van der Waals surface area contributed by atoms with Crippen molar-refractivity contribution in [2.45, 2.75) is 183 Å². The summed E-state index contributed by atoms with van der Waals surface area (Å²) in [5, 5.41) is 0. The highest BCUT2D eigenvalue weighted by molar-refractivity contribution is 4.80. The monoisotopic (exact) mass is 853 g/mol. The van der Waals surface area contributed by atoms with Gasteiger partial charge in [-0.25, -0.2) is 36.5 Å². The summed E-state index contributed by atoms with van der Waals surface area (Å²) in [6.45, 7) is 22.6. The summed E-state index contributed by atoms with van der Waals surface area (Å²) in [6, 6.07) is 0. The zero-order valence-corrected chi connectivity index (χ0v) is 39.3. The summed E-state index contributed by atoms with van der Waals surface area (Å²) in [6.07, 6.45) is 44.8. The van der Waals surface area contributed by atoms with Gasteiger partial charge in [0.1, 0.15) is 49.6 Å². The molecule has 0 atom stereocenters. The van der Waals surface area contributed by atoms with Gasteiger partial charge in [-0.05, 0) is 105 Å². The van der Waals surface area contributed by atoms with E-state index in [1.54, 1.807) is 0 Å². The summed E-state index contributed by atoms with van der Waals surface area (Å²) in [4.78, 5) is 0. The van der Waals surface area contributed by atoms with Crippen LogP contribution in [0.2, 0.25) is 0 Å². The summed E-state index contributed by atoms with van der Waals surface area (Å²) in [5.74, 6) is 0. The molecule has 0 N–H and O–H groups in total. The number of nitrogens with zero attached hydrogens (tertiary/aromatic N) is 8. The molecule has 0 spiro atoms. The van der Waals surface area contributed by atoms with Crippen molar-refractivity contribution in [3.63, 3.8) is 0 Å². The van der Waals surface area contributed by atoms with Crippen LogP contribution in [0.15, 0.2) is 74.9 Å². The van der Waals surface area contributed by atoms with Crippen LogP contribution in [-0.4, -0.2) is 71.1 Å². The van der Waals surface area contributed by atoms with E-state index in [0.29, 0.717) is 26.4 Å². The fraction of sp³-hybridized carbons (Fsp3) is 0.755. The van der Waals surface area contributed by atoms with Crippen molar-refractivity contribution in [3.8, 4) is 0 Å². The largest absolute Gasteiger partial charge is 0.381 e. The van der Waals surface area contributed by atoms with Crippen molar-refractivity contribution >= 4 is 0 Å². The third kappa shape index (κ3) is 21.5. The SMILES string of the molecule is CCn1cc[n+](CCCCCCOCC(COCCCCCC[n+]2ccn(CC)c2)(COCCCCCC[n+]2ccn(CC)c2)COCCCCCC[n+]2ccn(CC)c2)c1. The number of aryl methyl sites for hydroxylation is 8. The lowest BCUT2D eigenvalue weighted by molar-refractivity contribution is -0.697. The Morgan fingerprint density at radius 3 is 0.770 bits per heavy atom. The summed E-state index contributed by atoms with van der Waals surface area (Å²) < 4.78 is 44.1. The lowest BCUT2D eigenvalue weighted by Gasteiger charge is -2.33. The van der Waals surface area contributed by atoms with Gasteiger partial charge in [0.2, 0.25) is 25.3 Å². The molecule has 0 saturated carbocycles. The molecule has 4 aromatic heterocycles. The smallest absolute Gasteiger partial charge is 0.243 e. The van der Waals surface area contributed by atoms with Crippen LogP contribution < -0.4 is 18.3 Å². The fourth-order valence-electron chi connectivity index (χ4n) is 7.85. The standard InChI is InChI=1S/C49H88N8O4/c1-5-50-29-33-54(45-50)25-17-9-13-21-37-58-41-49(42-59-38-22-14-10-18-26-55-34-30-51(6-2)46-55,43-60-39-23-15-11-19-27-56-35-31-52(7-3)47-56)44-61-40-24-16-12-20-28-57-36-32-53(8-4)48-57/h29-36,45-48H,5-28,37-44H2,1-4H3/q+4. The molecule has 4 rings (SSSR count). The number of aromatic nitrogens is 8. The van der Waals surface area contributed by atoms with Gasteiger partial charge in [-0.3, -0.25) is 0 Å². The van der Waals surface area contributed by atoms with E-state index in [2.05, 4.69) is 139 Å². The minimum absolute atomic E-state index is 0.321. The summed E-state index contributed by atoms with van der Waals surface area (Å²) >= 11 is 0. The van der Waals surface area contributed by atoms with Crippen LogP contribution in [0.4, 0.5) is 0 Å². The molecule has 4 heterocycles. The lowest BCUT2D eigenvalue weighted by Crippen LogP contribution is -2.42. The fourth-order valence-corrected chi connectivity index (χ4v) is 7.85. The lowest BCUT2D eigenvalue weighted by atomic mass is 9.92. The minimum Gasteiger partial charge on any atom is -0.381 e. The first kappa shape index (κ1) is 50.3. The molecule has 0 bridgehead atoms. The van der Waals surface area contributed by atoms with E-state index in [9.17, 15) is 0 Å². The molecule has 0 aliphatic rings. The molecule has 61 heavy (non-hydrogen) atoms. The topological polar surface area (TPSA) is 72.2 Å². The number of hydrogen-bond donors (Lipinski definition) is 0. The van der Waals surface area contributed by atoms with E-state index in [1.807, 2.05) is 0 Å². The highest BCUT2D eigenvalue weighted by Gasteiger charge is 2.32. The van der Waals surface area contributed by atoms with E-state index in [-0.39, 0.29) is 5.41 Å². The van der Waals surface area contributed by atoms with Gasteiger partial charge in [0.25, 0.3) is 0 Å². The van der Waals surface area contributed by atoms with E-state index < -0.39 is 0 Å². The Kier molecular flexibility index (Phi) is 26.0. The molecule has 0 aliphatic heterocycles. The zero-order valence-electron chi connectivity index (χ0n) is 39.3. The normalized spacial score (nSPS) is 12.0. The van der Waals surface area contributed by atoms with Gasteiger partial charge >= 0.3 is 0 Å². The van der Waals surface area contributed by atoms with E-state index in [0.717, 1.165) is 104 Å². The van der Waals surface area contributed by atoms with E-state index in [4.69, 9.17) is 18.9 Å². The minimum atomic E-state index is -0.321. The molecule has 0 fully saturated rings. The molecule has 0 aromatic carbocycles. The maximum atomic E-state index is 6.51. The van der Waals surface area contributed by atoms with Gasteiger partial charge in [-0.15, -0.1) is 0 Å². The van der Waals surface area contributed by atoms with Gasteiger partial charge in [0.05, 0.1) is 84.2 Å². The van der Waals surface area contributed by atoms with Gasteiger partial charge in [0.15, 0.2) is 0 Å². The van der Waals surface area contributed by atoms with Gasteiger partial charge in [0, 0.05) is 26.4 Å². The van der Waals surface area contributed by atoms with Crippen LogP contribution in [-0.2, 0) is 71.3 Å². The quantitative estimate of drug-likeness (QED) is 0.0343. The second-order valence-electron chi connectivity index (χ2n) is 17.3. The Morgan fingerprint density at radius 2 is 0.557 bits per heavy atom. The molecular formula is C49H88N8O4+4. The molecular weight excluding hydrogens is 765 g/mol. The average molecular weight is 853 g/mol. The van der Waals surface area contributed by atoms with E-state index >= 15 is 0 Å². The van der Waals surface area contributed by atoms with Crippen LogP contribution in [0.1, 0.15) is 130 Å². The van der Waals surface area contributed by atoms with Crippen molar-refractivity contribution in [2.75, 3.05) is 52.9 Å². The van der Waals surface area contributed by atoms with Gasteiger partial charge in [-0.2, -0.15) is 0 Å². The predicted octanol–water partition coefficient (Wildman–Crippen LogP) is 7.52. The summed E-state index contributed by atoms with van der Waals surface area (Å²) in [5.41, 5.74) is -0.321. The van der Waals surface area contributed by atoms with Crippen LogP contribution in [0.25, 0.3) is 0 Å². The first-order valence-electron chi connectivity index (χ1n) is 24.5. The second-order valence-corrected chi connectivity index (χ2v) is 17.3. The molecule has 4 aromatic rings. The third-order valence-electron chi connectivity index (χ3n) is 11.9. The zero-order chi connectivity index (χ0) is 43.1. The summed E-state index contributed by atoms with van der Waals surface area (Å²) in [7, 11) is 0. The van der Waals surface area contributed by atoms with Crippen LogP contribution in [0.5, 0.6) is 0 Å². The number of unbranched alkanes of at least 4 members (excludes halogenated alkanes) is 12. The maximum Gasteiger partial charge on any atom is 0.243 e. The average Bonchev–Trinajstić information content (AvgIpc) is 4.13. The number of rotatable bonds is 40. The van der Waals surface area contributed by atoms with Crippen LogP contribution >= 0.6 is 0 Å². The van der Waals surface area contributed by atoms with Crippen molar-refractivity contribution in [3.05, 3.63) is 74.9 Å². The molecule has 0 unspecified atom stereocenters. The van der Waals surface area contributed by atoms with E-state index in [1.165, 1.54) is 77.0 Å². The Hall–Kier alpha value is -3.32. The molecule has 12 nitrogen and oxygen atoms in total.